The largest absolute Gasteiger partial charge is 0.494 e. The minimum Gasteiger partial charge on any atom is -0.494 e. The maximum atomic E-state index is 13.5. The molecule has 0 radical (unpaired) electrons. The molecular formula is C24H29N5O2S. The SMILES string of the molecule is CCCc1nnc2n1N[C@@H](c1ccc(OCC)cc1)[C@@H](C(=O)Nc1ccccc1CC)S2. The Bertz CT molecular complexity index is 1070. The van der Waals surface area contributed by atoms with Crippen LogP contribution in [-0.4, -0.2) is 32.6 Å². The molecule has 1 aromatic heterocycles. The van der Waals surface area contributed by atoms with Crippen molar-refractivity contribution in [3.8, 4) is 5.75 Å². The van der Waals surface area contributed by atoms with Crippen LogP contribution in [0.5, 0.6) is 5.75 Å². The first-order chi connectivity index (χ1) is 15.6. The van der Waals surface area contributed by atoms with Gasteiger partial charge in [0.15, 0.2) is 5.82 Å². The predicted octanol–water partition coefficient (Wildman–Crippen LogP) is 4.59. The maximum absolute atomic E-state index is 13.5. The summed E-state index contributed by atoms with van der Waals surface area (Å²) in [4.78, 5) is 13.5. The van der Waals surface area contributed by atoms with Crippen molar-refractivity contribution >= 4 is 23.4 Å². The van der Waals surface area contributed by atoms with Gasteiger partial charge in [-0.05, 0) is 49.1 Å². The molecule has 2 N–H and O–H groups in total. The van der Waals surface area contributed by atoms with Crippen molar-refractivity contribution in [1.82, 2.24) is 14.9 Å². The second kappa shape index (κ2) is 10.1. The summed E-state index contributed by atoms with van der Waals surface area (Å²) >= 11 is 1.45. The Balaban J connectivity index is 1.66. The fourth-order valence-corrected chi connectivity index (χ4v) is 4.93. The molecule has 0 saturated heterocycles. The Morgan fingerprint density at radius 1 is 1.12 bits per heavy atom. The van der Waals surface area contributed by atoms with E-state index in [4.69, 9.17) is 4.74 Å². The number of fused-ring (bicyclic) bond motifs is 1. The highest BCUT2D eigenvalue weighted by Gasteiger charge is 2.38. The third-order valence-corrected chi connectivity index (χ3v) is 6.66. The second-order valence-corrected chi connectivity index (χ2v) is 8.74. The van der Waals surface area contributed by atoms with Crippen LogP contribution in [0, 0.1) is 0 Å². The Hall–Kier alpha value is -3.00. The summed E-state index contributed by atoms with van der Waals surface area (Å²) in [5.41, 5.74) is 6.48. The lowest BCUT2D eigenvalue weighted by atomic mass is 10.0. The molecule has 0 saturated carbocycles. The average Bonchev–Trinajstić information content (AvgIpc) is 3.21. The van der Waals surface area contributed by atoms with Gasteiger partial charge >= 0.3 is 0 Å². The number of rotatable bonds is 8. The molecule has 0 spiro atoms. The van der Waals surface area contributed by atoms with Gasteiger partial charge < -0.3 is 15.5 Å². The van der Waals surface area contributed by atoms with Gasteiger partial charge in [0.1, 0.15) is 11.0 Å². The van der Waals surface area contributed by atoms with Crippen molar-refractivity contribution in [1.29, 1.82) is 0 Å². The number of anilines is 1. The number of nitrogens with one attached hydrogen (secondary N) is 2. The zero-order chi connectivity index (χ0) is 22.5. The molecule has 2 heterocycles. The van der Waals surface area contributed by atoms with Crippen LogP contribution in [-0.2, 0) is 17.6 Å². The van der Waals surface area contributed by atoms with Gasteiger partial charge in [-0.3, -0.25) is 4.79 Å². The van der Waals surface area contributed by atoms with E-state index >= 15 is 0 Å². The molecule has 4 rings (SSSR count). The van der Waals surface area contributed by atoms with Gasteiger partial charge in [0.25, 0.3) is 0 Å². The molecule has 2 aromatic carbocycles. The summed E-state index contributed by atoms with van der Waals surface area (Å²) in [7, 11) is 0. The first-order valence-electron chi connectivity index (χ1n) is 11.1. The summed E-state index contributed by atoms with van der Waals surface area (Å²) in [6.07, 6.45) is 2.64. The molecule has 2 atom stereocenters. The third-order valence-electron chi connectivity index (χ3n) is 5.44. The van der Waals surface area contributed by atoms with Gasteiger partial charge in [0.2, 0.25) is 11.1 Å². The highest BCUT2D eigenvalue weighted by molar-refractivity contribution is 8.00. The van der Waals surface area contributed by atoms with Crippen LogP contribution in [0.25, 0.3) is 0 Å². The van der Waals surface area contributed by atoms with Crippen molar-refractivity contribution < 1.29 is 9.53 Å². The zero-order valence-corrected chi connectivity index (χ0v) is 19.5. The fourth-order valence-electron chi connectivity index (χ4n) is 3.83. The van der Waals surface area contributed by atoms with E-state index in [1.807, 2.05) is 60.1 Å². The highest BCUT2D eigenvalue weighted by atomic mass is 32.2. The van der Waals surface area contributed by atoms with E-state index < -0.39 is 5.25 Å². The van der Waals surface area contributed by atoms with Crippen LogP contribution >= 0.6 is 11.8 Å². The van der Waals surface area contributed by atoms with Crippen LogP contribution < -0.4 is 15.5 Å². The summed E-state index contributed by atoms with van der Waals surface area (Å²) in [5, 5.41) is 12.1. The van der Waals surface area contributed by atoms with Crippen LogP contribution in [0.4, 0.5) is 5.69 Å². The number of amides is 1. The highest BCUT2D eigenvalue weighted by Crippen LogP contribution is 2.38. The molecule has 1 aliphatic heterocycles. The summed E-state index contributed by atoms with van der Waals surface area (Å²) in [6, 6.07) is 15.6. The van der Waals surface area contributed by atoms with E-state index in [2.05, 4.69) is 34.8 Å². The second-order valence-electron chi connectivity index (χ2n) is 7.63. The van der Waals surface area contributed by atoms with Crippen molar-refractivity contribution in [2.45, 2.75) is 56.5 Å². The average molecular weight is 452 g/mol. The van der Waals surface area contributed by atoms with Gasteiger partial charge in [-0.1, -0.05) is 55.9 Å². The number of carbonyl (C=O) groups is 1. The molecule has 0 aliphatic carbocycles. The standard InChI is InChI=1S/C24H29N5O2S/c1-4-9-20-26-27-24-29(20)28-21(17-12-14-18(15-13-17)31-6-3)22(32-24)23(30)25-19-11-8-7-10-16(19)5-2/h7-8,10-15,21-22,28H,4-6,9H2,1-3H3,(H,25,30)/t21-,22-/m0/s1. The number of nitrogens with zero attached hydrogens (tertiary/aromatic N) is 3. The Morgan fingerprint density at radius 3 is 2.62 bits per heavy atom. The minimum absolute atomic E-state index is 0.0615. The number of hydrogen-bond acceptors (Lipinski definition) is 6. The molecule has 8 heteroatoms. The van der Waals surface area contributed by atoms with Crippen LogP contribution in [0.15, 0.2) is 53.7 Å². The molecule has 0 bridgehead atoms. The zero-order valence-electron chi connectivity index (χ0n) is 18.7. The van der Waals surface area contributed by atoms with E-state index in [-0.39, 0.29) is 11.9 Å². The summed E-state index contributed by atoms with van der Waals surface area (Å²) in [5.74, 6) is 1.63. The Kier molecular flexibility index (Phi) is 6.99. The van der Waals surface area contributed by atoms with Crippen molar-refractivity contribution in [3.63, 3.8) is 0 Å². The monoisotopic (exact) mass is 451 g/mol. The number of aryl methyl sites for hydroxylation is 2. The summed E-state index contributed by atoms with van der Waals surface area (Å²) in [6.45, 7) is 6.78. The molecule has 0 fully saturated rings. The molecule has 7 nitrogen and oxygen atoms in total. The number of aromatic nitrogens is 3. The molecule has 1 amide bonds. The summed E-state index contributed by atoms with van der Waals surface area (Å²) < 4.78 is 7.52. The lowest BCUT2D eigenvalue weighted by Crippen LogP contribution is -2.41. The predicted molar refractivity (Wildman–Crippen MR) is 128 cm³/mol. The molecule has 0 unspecified atom stereocenters. The van der Waals surface area contributed by atoms with Gasteiger partial charge in [0, 0.05) is 12.1 Å². The molecule has 32 heavy (non-hydrogen) atoms. The lowest BCUT2D eigenvalue weighted by Gasteiger charge is -2.33. The third kappa shape index (κ3) is 4.60. The van der Waals surface area contributed by atoms with Gasteiger partial charge in [0.05, 0.1) is 12.6 Å². The van der Waals surface area contributed by atoms with Gasteiger partial charge in [-0.15, -0.1) is 10.2 Å². The Morgan fingerprint density at radius 2 is 1.91 bits per heavy atom. The van der Waals surface area contributed by atoms with Crippen LogP contribution in [0.1, 0.15) is 50.2 Å². The van der Waals surface area contributed by atoms with E-state index in [0.29, 0.717) is 11.8 Å². The number of para-hydroxylation sites is 1. The normalized spacial score (nSPS) is 17.3. The molecule has 168 valence electrons. The topological polar surface area (TPSA) is 81.1 Å². The Labute approximate surface area is 192 Å². The molecule has 1 aliphatic rings. The van der Waals surface area contributed by atoms with Gasteiger partial charge in [-0.25, -0.2) is 4.68 Å². The van der Waals surface area contributed by atoms with Crippen molar-refractivity contribution in [2.24, 2.45) is 0 Å². The maximum Gasteiger partial charge on any atom is 0.240 e. The number of hydrogen-bond donors (Lipinski definition) is 2. The number of benzene rings is 2. The minimum atomic E-state index is -0.413. The molecular weight excluding hydrogens is 422 g/mol. The van der Waals surface area contributed by atoms with E-state index in [1.165, 1.54) is 11.8 Å². The van der Waals surface area contributed by atoms with E-state index in [9.17, 15) is 4.79 Å². The van der Waals surface area contributed by atoms with E-state index in [1.54, 1.807) is 0 Å². The van der Waals surface area contributed by atoms with Crippen LogP contribution in [0.3, 0.4) is 0 Å². The lowest BCUT2D eigenvalue weighted by molar-refractivity contribution is -0.116. The van der Waals surface area contributed by atoms with Gasteiger partial charge in [-0.2, -0.15) is 0 Å². The van der Waals surface area contributed by atoms with Crippen LogP contribution in [0.2, 0.25) is 0 Å². The quantitative estimate of drug-likeness (QED) is 0.521. The fraction of sp³-hybridized carbons (Fsp3) is 0.375. The first-order valence-corrected chi connectivity index (χ1v) is 12.0. The smallest absolute Gasteiger partial charge is 0.240 e. The number of thioether (sulfide) groups is 1. The van der Waals surface area contributed by atoms with Crippen molar-refractivity contribution in [2.75, 3.05) is 17.3 Å². The van der Waals surface area contributed by atoms with E-state index in [0.717, 1.165) is 47.7 Å². The number of ether oxygens (including phenoxy) is 1. The molecule has 3 aromatic rings. The number of carbonyl (C=O) groups excluding carboxylic acids is 1. The van der Waals surface area contributed by atoms with Crippen molar-refractivity contribution in [3.05, 3.63) is 65.5 Å². The first kappa shape index (κ1) is 22.2.